The van der Waals surface area contributed by atoms with E-state index in [4.69, 9.17) is 28.8 Å². The number of sulfonamides is 1. The predicted octanol–water partition coefficient (Wildman–Crippen LogP) is 4.90. The summed E-state index contributed by atoms with van der Waals surface area (Å²) in [4.78, 5) is 9.25. The second-order valence-corrected chi connectivity index (χ2v) is 11.5. The highest BCUT2D eigenvalue weighted by molar-refractivity contribution is 7.89. The van der Waals surface area contributed by atoms with Crippen LogP contribution in [0.4, 0.5) is 0 Å². The number of aromatic nitrogens is 2. The second-order valence-electron chi connectivity index (χ2n) is 9.08. The molecule has 0 amide bonds. The molecule has 0 bridgehead atoms. The van der Waals surface area contributed by atoms with Crippen molar-refractivity contribution in [2.24, 2.45) is 5.14 Å². The second kappa shape index (κ2) is 11.8. The fourth-order valence-electron chi connectivity index (χ4n) is 4.44. The van der Waals surface area contributed by atoms with Crippen molar-refractivity contribution in [3.63, 3.8) is 0 Å². The number of nitrogens with two attached hydrogens (primary N) is 1. The number of thiazole rings is 1. The minimum absolute atomic E-state index is 0.0328. The summed E-state index contributed by atoms with van der Waals surface area (Å²) in [5.41, 5.74) is 2.73. The number of benzene rings is 2. The molecule has 2 aromatic carbocycles. The quantitative estimate of drug-likeness (QED) is 0.268. The van der Waals surface area contributed by atoms with Crippen molar-refractivity contribution in [2.45, 2.75) is 36.4 Å². The van der Waals surface area contributed by atoms with Crippen LogP contribution >= 0.6 is 11.3 Å². The Bertz CT molecular complexity index is 1520. The number of methoxy groups -OCH3 is 1. The molecule has 0 spiro atoms. The Balaban J connectivity index is 1.34. The first-order valence-corrected chi connectivity index (χ1v) is 14.8. The van der Waals surface area contributed by atoms with E-state index >= 15 is 0 Å². The first kappa shape index (κ1) is 27.2. The molecule has 1 saturated heterocycles. The minimum Gasteiger partial charge on any atom is -0.487 e. The summed E-state index contributed by atoms with van der Waals surface area (Å²) in [6.45, 7) is 1.61. The number of hydrogen-bond donors (Lipinski definition) is 1. The van der Waals surface area contributed by atoms with Crippen molar-refractivity contribution >= 4 is 27.1 Å². The Hall–Kier alpha value is -3.35. The molecule has 1 fully saturated rings. The number of hydrogen-bond acceptors (Lipinski definition) is 9. The molecule has 0 aliphatic carbocycles. The van der Waals surface area contributed by atoms with Crippen molar-refractivity contribution in [3.05, 3.63) is 94.4 Å². The van der Waals surface area contributed by atoms with Crippen molar-refractivity contribution < 1.29 is 27.0 Å². The first-order chi connectivity index (χ1) is 18.9. The van der Waals surface area contributed by atoms with Gasteiger partial charge in [-0.25, -0.2) is 23.5 Å². The summed E-state index contributed by atoms with van der Waals surface area (Å²) in [5, 5.41) is 8.17. The first-order valence-electron chi connectivity index (χ1n) is 12.4. The highest BCUT2D eigenvalue weighted by Gasteiger charge is 2.37. The molecular formula is C28H29N3O6S2. The van der Waals surface area contributed by atoms with E-state index in [2.05, 4.69) is 4.98 Å². The van der Waals surface area contributed by atoms with Crippen LogP contribution < -0.4 is 5.14 Å². The highest BCUT2D eigenvalue weighted by Crippen LogP contribution is 2.37. The Kier molecular flexibility index (Phi) is 8.24. The van der Waals surface area contributed by atoms with E-state index in [1.807, 2.05) is 41.8 Å². The maximum Gasteiger partial charge on any atom is 0.238 e. The molecule has 0 radical (unpaired) electrons. The number of rotatable bonds is 10. The molecule has 5 rings (SSSR count). The lowest BCUT2D eigenvalue weighted by Gasteiger charge is -2.33. The molecule has 39 heavy (non-hydrogen) atoms. The molecule has 0 atom stereocenters. The van der Waals surface area contributed by atoms with Crippen LogP contribution in [-0.4, -0.2) is 38.7 Å². The zero-order chi connectivity index (χ0) is 27.3. The summed E-state index contributed by atoms with van der Waals surface area (Å²) in [6.07, 6.45) is 5.31. The van der Waals surface area contributed by atoms with E-state index in [0.29, 0.717) is 49.0 Å². The molecule has 0 unspecified atom stereocenters. The van der Waals surface area contributed by atoms with Crippen LogP contribution in [0.5, 0.6) is 0 Å². The van der Waals surface area contributed by atoms with Crippen LogP contribution in [-0.2, 0) is 42.9 Å². The lowest BCUT2D eigenvalue weighted by molar-refractivity contribution is -0.0949. The van der Waals surface area contributed by atoms with E-state index in [1.165, 1.54) is 18.5 Å². The smallest absolute Gasteiger partial charge is 0.238 e. The molecule has 11 heteroatoms. The van der Waals surface area contributed by atoms with Crippen molar-refractivity contribution in [2.75, 3.05) is 20.3 Å². The SMILES string of the molecule is COC1(c2nc(CO/C(=C\Cc3ncoc3-c3ccc(S(N)(=O)=O)cc3)c3ccccc3)cs2)CCOCC1. The van der Waals surface area contributed by atoms with Crippen LogP contribution in [0.25, 0.3) is 17.1 Å². The van der Waals surface area contributed by atoms with Gasteiger partial charge in [0.25, 0.3) is 0 Å². The van der Waals surface area contributed by atoms with E-state index in [0.717, 1.165) is 29.1 Å². The monoisotopic (exact) mass is 567 g/mol. The molecule has 2 N–H and O–H groups in total. The number of oxazole rings is 1. The van der Waals surface area contributed by atoms with Crippen LogP contribution in [0.15, 0.2) is 81.8 Å². The average molecular weight is 568 g/mol. The third-order valence-corrected chi connectivity index (χ3v) is 8.64. The minimum atomic E-state index is -3.78. The molecule has 2 aromatic heterocycles. The maximum absolute atomic E-state index is 11.6. The van der Waals surface area contributed by atoms with E-state index in [9.17, 15) is 8.42 Å². The number of primary sulfonamides is 1. The van der Waals surface area contributed by atoms with Crippen LogP contribution in [0.3, 0.4) is 0 Å². The Morgan fingerprint density at radius 2 is 1.87 bits per heavy atom. The summed E-state index contributed by atoms with van der Waals surface area (Å²) in [6, 6.07) is 16.0. The maximum atomic E-state index is 11.6. The van der Waals surface area contributed by atoms with Gasteiger partial charge in [0.15, 0.2) is 12.2 Å². The van der Waals surface area contributed by atoms with Gasteiger partial charge in [-0.15, -0.1) is 11.3 Å². The van der Waals surface area contributed by atoms with Crippen LogP contribution in [0.2, 0.25) is 0 Å². The molecule has 1 aliphatic heterocycles. The fourth-order valence-corrected chi connectivity index (χ4v) is 5.99. The van der Waals surface area contributed by atoms with Gasteiger partial charge in [0.05, 0.1) is 16.3 Å². The van der Waals surface area contributed by atoms with Crippen molar-refractivity contribution in [3.8, 4) is 11.3 Å². The summed E-state index contributed by atoms with van der Waals surface area (Å²) in [7, 11) is -2.05. The van der Waals surface area contributed by atoms with Gasteiger partial charge in [-0.1, -0.05) is 30.3 Å². The number of ether oxygens (including phenoxy) is 3. The Labute approximate surface area is 231 Å². The third kappa shape index (κ3) is 6.29. The zero-order valence-corrected chi connectivity index (χ0v) is 23.0. The molecule has 3 heterocycles. The topological polar surface area (TPSA) is 127 Å². The van der Waals surface area contributed by atoms with Gasteiger partial charge >= 0.3 is 0 Å². The average Bonchev–Trinajstić information content (AvgIpc) is 3.64. The summed E-state index contributed by atoms with van der Waals surface area (Å²) in [5.74, 6) is 1.24. The predicted molar refractivity (Wildman–Crippen MR) is 147 cm³/mol. The van der Waals surface area contributed by atoms with Gasteiger partial charge in [-0.05, 0) is 30.3 Å². The molecule has 9 nitrogen and oxygen atoms in total. The lowest BCUT2D eigenvalue weighted by Crippen LogP contribution is -2.35. The van der Waals surface area contributed by atoms with Gasteiger partial charge in [-0.3, -0.25) is 0 Å². The van der Waals surface area contributed by atoms with E-state index < -0.39 is 15.6 Å². The molecule has 4 aromatic rings. The van der Waals surface area contributed by atoms with Gasteiger partial charge in [0.1, 0.15) is 23.0 Å². The van der Waals surface area contributed by atoms with Crippen molar-refractivity contribution in [1.82, 2.24) is 9.97 Å². The third-order valence-electron chi connectivity index (χ3n) is 6.63. The number of allylic oxidation sites excluding steroid dienone is 1. The largest absolute Gasteiger partial charge is 0.487 e. The van der Waals surface area contributed by atoms with E-state index in [-0.39, 0.29) is 4.90 Å². The van der Waals surface area contributed by atoms with Gasteiger partial charge < -0.3 is 18.6 Å². The Morgan fingerprint density at radius 1 is 1.13 bits per heavy atom. The Morgan fingerprint density at radius 3 is 2.56 bits per heavy atom. The van der Waals surface area contributed by atoms with Crippen LogP contribution in [0.1, 0.15) is 34.8 Å². The summed E-state index contributed by atoms with van der Waals surface area (Å²) < 4.78 is 46.5. The molecule has 0 saturated carbocycles. The summed E-state index contributed by atoms with van der Waals surface area (Å²) >= 11 is 1.58. The fraction of sp³-hybridized carbons (Fsp3) is 0.286. The van der Waals surface area contributed by atoms with Gasteiger partial charge in [-0.2, -0.15) is 0 Å². The van der Waals surface area contributed by atoms with Crippen LogP contribution in [0, 0.1) is 0 Å². The molecule has 204 valence electrons. The van der Waals surface area contributed by atoms with Gasteiger partial charge in [0.2, 0.25) is 10.0 Å². The number of nitrogens with zero attached hydrogens (tertiary/aromatic N) is 2. The van der Waals surface area contributed by atoms with Gasteiger partial charge in [0, 0.05) is 56.1 Å². The lowest BCUT2D eigenvalue weighted by atomic mass is 9.95. The normalized spacial score (nSPS) is 15.8. The highest BCUT2D eigenvalue weighted by atomic mass is 32.2. The zero-order valence-electron chi connectivity index (χ0n) is 21.4. The standard InChI is InChI=1S/C28H29N3O6S2/c1-34-28(13-15-35-16-14-28)27-31-22(18-38-27)17-36-25(20-5-3-2-4-6-20)12-11-24-26(37-19-30-24)21-7-9-23(10-8-21)39(29,32)33/h2-10,12,18-19H,11,13-17H2,1H3,(H2,29,32,33)/b25-12-. The molecule has 1 aliphatic rings. The molecular weight excluding hydrogens is 538 g/mol. The van der Waals surface area contributed by atoms with E-state index in [1.54, 1.807) is 30.6 Å². The van der Waals surface area contributed by atoms with Crippen molar-refractivity contribution in [1.29, 1.82) is 0 Å².